The average molecular weight is 475 g/mol. The SMILES string of the molecule is COCCN1C(=O)/C(=C/c2ccc(-c3ccc([N+](=O)[O-])cc3C)o2)C(=O)N(c2ccccc2)C1=O. The van der Waals surface area contributed by atoms with E-state index in [9.17, 15) is 24.5 Å². The first-order chi connectivity index (χ1) is 16.8. The van der Waals surface area contributed by atoms with Gasteiger partial charge in [0.05, 0.1) is 23.8 Å². The molecular formula is C25H21N3O7. The molecule has 0 unspecified atom stereocenters. The number of rotatable bonds is 7. The van der Waals surface area contributed by atoms with Crippen LogP contribution in [0.2, 0.25) is 0 Å². The van der Waals surface area contributed by atoms with Crippen LogP contribution in [-0.4, -0.2) is 47.9 Å². The van der Waals surface area contributed by atoms with Crippen molar-refractivity contribution in [1.82, 2.24) is 4.90 Å². The number of nitrogens with zero attached hydrogens (tertiary/aromatic N) is 3. The van der Waals surface area contributed by atoms with Gasteiger partial charge in [-0.1, -0.05) is 18.2 Å². The molecule has 0 saturated carbocycles. The number of benzene rings is 2. The molecule has 0 atom stereocenters. The van der Waals surface area contributed by atoms with E-state index < -0.39 is 22.8 Å². The third-order valence-electron chi connectivity index (χ3n) is 5.46. The van der Waals surface area contributed by atoms with Crippen LogP contribution in [0.5, 0.6) is 0 Å². The number of hydrogen-bond donors (Lipinski definition) is 0. The Hall–Kier alpha value is -4.57. The highest BCUT2D eigenvalue weighted by Gasteiger charge is 2.42. The molecule has 2 aromatic carbocycles. The molecule has 178 valence electrons. The van der Waals surface area contributed by atoms with Crippen molar-refractivity contribution in [2.75, 3.05) is 25.2 Å². The van der Waals surface area contributed by atoms with Crippen LogP contribution in [0.25, 0.3) is 17.4 Å². The second kappa shape index (κ2) is 9.74. The predicted octanol–water partition coefficient (Wildman–Crippen LogP) is 4.19. The molecule has 10 heteroatoms. The summed E-state index contributed by atoms with van der Waals surface area (Å²) in [5.74, 6) is -0.909. The van der Waals surface area contributed by atoms with Crippen molar-refractivity contribution in [1.29, 1.82) is 0 Å². The summed E-state index contributed by atoms with van der Waals surface area (Å²) in [5, 5.41) is 11.0. The van der Waals surface area contributed by atoms with Crippen LogP contribution in [-0.2, 0) is 14.3 Å². The predicted molar refractivity (Wildman–Crippen MR) is 126 cm³/mol. The number of imide groups is 2. The molecule has 0 bridgehead atoms. The summed E-state index contributed by atoms with van der Waals surface area (Å²) in [6.07, 6.45) is 1.29. The molecular weight excluding hydrogens is 454 g/mol. The molecule has 0 radical (unpaired) electrons. The van der Waals surface area contributed by atoms with Crippen molar-refractivity contribution in [3.05, 3.63) is 87.7 Å². The number of carbonyl (C=O) groups excluding carboxylic acids is 3. The van der Waals surface area contributed by atoms with E-state index in [2.05, 4.69) is 0 Å². The largest absolute Gasteiger partial charge is 0.457 e. The van der Waals surface area contributed by atoms with Crippen LogP contribution in [0.15, 0.2) is 70.7 Å². The lowest BCUT2D eigenvalue weighted by Gasteiger charge is -2.33. The molecule has 3 aromatic rings. The van der Waals surface area contributed by atoms with Crippen molar-refractivity contribution < 1.29 is 28.5 Å². The Morgan fingerprint density at radius 1 is 1.03 bits per heavy atom. The molecule has 4 rings (SSSR count). The minimum atomic E-state index is -0.774. The smallest absolute Gasteiger partial charge is 0.338 e. The maximum atomic E-state index is 13.3. The number of aryl methyl sites for hydroxylation is 1. The molecule has 1 aromatic heterocycles. The number of para-hydroxylation sites is 1. The Kier molecular flexibility index (Phi) is 6.56. The summed E-state index contributed by atoms with van der Waals surface area (Å²) < 4.78 is 10.9. The third kappa shape index (κ3) is 4.59. The minimum absolute atomic E-state index is 0.0342. The molecule has 1 aliphatic heterocycles. The van der Waals surface area contributed by atoms with Crippen molar-refractivity contribution in [2.24, 2.45) is 0 Å². The average Bonchev–Trinajstić information content (AvgIpc) is 3.30. The maximum absolute atomic E-state index is 13.3. The summed E-state index contributed by atoms with van der Waals surface area (Å²) in [7, 11) is 1.44. The van der Waals surface area contributed by atoms with Gasteiger partial charge in [0.1, 0.15) is 17.1 Å². The summed E-state index contributed by atoms with van der Waals surface area (Å²) in [6, 6.07) is 15.1. The van der Waals surface area contributed by atoms with E-state index in [0.29, 0.717) is 22.6 Å². The number of amides is 4. The highest BCUT2D eigenvalue weighted by atomic mass is 16.6. The first-order valence-corrected chi connectivity index (χ1v) is 10.6. The van der Waals surface area contributed by atoms with E-state index in [0.717, 1.165) is 9.80 Å². The molecule has 1 aliphatic rings. The number of barbiturate groups is 1. The molecule has 35 heavy (non-hydrogen) atoms. The number of furan rings is 1. The van der Waals surface area contributed by atoms with Crippen molar-refractivity contribution in [3.63, 3.8) is 0 Å². The Labute approximate surface area is 200 Å². The van der Waals surface area contributed by atoms with Gasteiger partial charge < -0.3 is 9.15 Å². The molecule has 0 spiro atoms. The van der Waals surface area contributed by atoms with Crippen molar-refractivity contribution >= 4 is 35.3 Å². The molecule has 0 N–H and O–H groups in total. The number of non-ortho nitro benzene ring substituents is 1. The number of urea groups is 1. The van der Waals surface area contributed by atoms with Gasteiger partial charge in [-0.3, -0.25) is 24.6 Å². The summed E-state index contributed by atoms with van der Waals surface area (Å²) in [6.45, 7) is 1.79. The minimum Gasteiger partial charge on any atom is -0.457 e. The lowest BCUT2D eigenvalue weighted by Crippen LogP contribution is -2.57. The van der Waals surface area contributed by atoms with Gasteiger partial charge in [-0.25, -0.2) is 9.69 Å². The van der Waals surface area contributed by atoms with E-state index in [1.807, 2.05) is 0 Å². The summed E-state index contributed by atoms with van der Waals surface area (Å²) >= 11 is 0. The molecule has 4 amide bonds. The van der Waals surface area contributed by atoms with Crippen molar-refractivity contribution in [3.8, 4) is 11.3 Å². The van der Waals surface area contributed by atoms with Gasteiger partial charge in [0.2, 0.25) is 0 Å². The van der Waals surface area contributed by atoms with Crippen LogP contribution in [0.1, 0.15) is 11.3 Å². The molecule has 2 heterocycles. The number of ether oxygens (including phenoxy) is 1. The third-order valence-corrected chi connectivity index (χ3v) is 5.46. The first kappa shape index (κ1) is 23.6. The van der Waals surface area contributed by atoms with E-state index in [4.69, 9.17) is 9.15 Å². The van der Waals surface area contributed by atoms with Gasteiger partial charge in [0.25, 0.3) is 17.5 Å². The Morgan fingerprint density at radius 3 is 2.43 bits per heavy atom. The van der Waals surface area contributed by atoms with Gasteiger partial charge in [-0.2, -0.15) is 0 Å². The fraction of sp³-hybridized carbons (Fsp3) is 0.160. The normalized spacial score (nSPS) is 15.3. The lowest BCUT2D eigenvalue weighted by atomic mass is 10.1. The zero-order valence-electron chi connectivity index (χ0n) is 19.0. The monoisotopic (exact) mass is 475 g/mol. The van der Waals surface area contributed by atoms with E-state index >= 15 is 0 Å². The van der Waals surface area contributed by atoms with E-state index in [-0.39, 0.29) is 30.2 Å². The molecule has 10 nitrogen and oxygen atoms in total. The Balaban J connectivity index is 1.72. The number of carbonyl (C=O) groups is 3. The first-order valence-electron chi connectivity index (χ1n) is 10.6. The van der Waals surface area contributed by atoms with Gasteiger partial charge in [-0.05, 0) is 48.9 Å². The Morgan fingerprint density at radius 2 is 1.77 bits per heavy atom. The number of anilines is 1. The number of hydrogen-bond acceptors (Lipinski definition) is 7. The number of nitro benzene ring substituents is 1. The standard InChI is InChI=1S/C25H21N3O7/c1-16-14-18(28(32)33)8-10-20(16)22-11-9-19(35-22)15-21-23(29)26(12-13-34-2)25(31)27(24(21)30)17-6-4-3-5-7-17/h3-11,14-15H,12-13H2,1-2H3/b21-15-. The van der Waals surface area contributed by atoms with Crippen LogP contribution >= 0.6 is 0 Å². The second-order valence-electron chi connectivity index (χ2n) is 7.72. The zero-order chi connectivity index (χ0) is 25.1. The highest BCUT2D eigenvalue weighted by Crippen LogP contribution is 2.30. The second-order valence-corrected chi connectivity index (χ2v) is 7.72. The highest BCUT2D eigenvalue weighted by molar-refractivity contribution is 6.39. The van der Waals surface area contributed by atoms with E-state index in [1.54, 1.807) is 55.5 Å². The van der Waals surface area contributed by atoms with Crippen LogP contribution < -0.4 is 4.90 Å². The zero-order valence-corrected chi connectivity index (χ0v) is 19.0. The maximum Gasteiger partial charge on any atom is 0.338 e. The Bertz CT molecular complexity index is 1340. The van der Waals surface area contributed by atoms with Gasteiger partial charge in [0, 0.05) is 24.8 Å². The van der Waals surface area contributed by atoms with Crippen LogP contribution in [0.4, 0.5) is 16.2 Å². The van der Waals surface area contributed by atoms with E-state index in [1.165, 1.54) is 25.3 Å². The number of methoxy groups -OCH3 is 1. The van der Waals surface area contributed by atoms with Gasteiger partial charge >= 0.3 is 6.03 Å². The van der Waals surface area contributed by atoms with Crippen LogP contribution in [0.3, 0.4) is 0 Å². The van der Waals surface area contributed by atoms with Crippen LogP contribution in [0, 0.1) is 17.0 Å². The van der Waals surface area contributed by atoms with Gasteiger partial charge in [-0.15, -0.1) is 0 Å². The van der Waals surface area contributed by atoms with Gasteiger partial charge in [0.15, 0.2) is 0 Å². The quantitative estimate of drug-likeness (QED) is 0.217. The summed E-state index contributed by atoms with van der Waals surface area (Å²) in [5.41, 5.74) is 1.30. The number of nitro groups is 1. The lowest BCUT2D eigenvalue weighted by molar-refractivity contribution is -0.384. The van der Waals surface area contributed by atoms with Crippen molar-refractivity contribution in [2.45, 2.75) is 6.92 Å². The summed E-state index contributed by atoms with van der Waals surface area (Å²) in [4.78, 5) is 51.8. The molecule has 1 fully saturated rings. The fourth-order valence-electron chi connectivity index (χ4n) is 3.72. The fourth-order valence-corrected chi connectivity index (χ4v) is 3.72. The molecule has 1 saturated heterocycles. The molecule has 0 aliphatic carbocycles. The topological polar surface area (TPSA) is 123 Å².